The smallest absolute Gasteiger partial charge is 0.416 e. The maximum absolute atomic E-state index is 13.0. The van der Waals surface area contributed by atoms with E-state index < -0.39 is 17.8 Å². The normalized spacial score (nSPS) is 11.2. The molecule has 0 heterocycles. The van der Waals surface area contributed by atoms with Gasteiger partial charge in [-0.15, -0.1) is 0 Å². The monoisotopic (exact) mass is 341 g/mol. The summed E-state index contributed by atoms with van der Waals surface area (Å²) in [4.78, 5) is 11.5. The predicted octanol–water partition coefficient (Wildman–Crippen LogP) is 4.31. The Bertz CT molecular complexity index is 684. The number of amides is 1. The summed E-state index contributed by atoms with van der Waals surface area (Å²) in [6.45, 7) is 0.124. The number of carbonyl (C=O) groups is 1. The van der Waals surface area contributed by atoms with Gasteiger partial charge < -0.3 is 10.1 Å². The van der Waals surface area contributed by atoms with Crippen molar-refractivity contribution in [2.45, 2.75) is 19.2 Å². The standard InChI is InChI=1S/C17H15F4NO2/c18-15-3-1-2-12(10-15)8-9-22-16(23)24-11-13-4-6-14(7-5-13)17(19,20)21/h1-7,10H,8-9,11H2,(H,22,23). The van der Waals surface area contributed by atoms with E-state index in [9.17, 15) is 22.4 Å². The first-order chi connectivity index (χ1) is 11.3. The Morgan fingerprint density at radius 3 is 2.38 bits per heavy atom. The second-order valence-corrected chi connectivity index (χ2v) is 5.08. The van der Waals surface area contributed by atoms with Crippen LogP contribution in [-0.2, 0) is 23.9 Å². The number of rotatable bonds is 5. The highest BCUT2D eigenvalue weighted by Gasteiger charge is 2.29. The van der Waals surface area contributed by atoms with E-state index >= 15 is 0 Å². The molecule has 0 spiro atoms. The topological polar surface area (TPSA) is 38.3 Å². The Hall–Kier alpha value is -2.57. The molecule has 0 aliphatic carbocycles. The number of alkyl halides is 3. The summed E-state index contributed by atoms with van der Waals surface area (Å²) in [7, 11) is 0. The predicted molar refractivity (Wildman–Crippen MR) is 79.7 cm³/mol. The number of carbonyl (C=O) groups excluding carboxylic acids is 1. The maximum Gasteiger partial charge on any atom is 0.416 e. The van der Waals surface area contributed by atoms with Crippen molar-refractivity contribution in [2.75, 3.05) is 6.54 Å². The van der Waals surface area contributed by atoms with E-state index in [2.05, 4.69) is 5.32 Å². The molecule has 0 fully saturated rings. The van der Waals surface area contributed by atoms with E-state index in [4.69, 9.17) is 4.74 Å². The van der Waals surface area contributed by atoms with Crippen molar-refractivity contribution in [3.8, 4) is 0 Å². The number of nitrogens with one attached hydrogen (secondary N) is 1. The Balaban J connectivity index is 1.73. The van der Waals surface area contributed by atoms with Gasteiger partial charge in [0, 0.05) is 6.54 Å². The summed E-state index contributed by atoms with van der Waals surface area (Å²) in [5.41, 5.74) is 0.423. The van der Waals surface area contributed by atoms with Gasteiger partial charge >= 0.3 is 12.3 Å². The average molecular weight is 341 g/mol. The van der Waals surface area contributed by atoms with Crippen LogP contribution in [0.2, 0.25) is 0 Å². The largest absolute Gasteiger partial charge is 0.445 e. The molecule has 1 amide bonds. The van der Waals surface area contributed by atoms with Crippen molar-refractivity contribution < 1.29 is 27.1 Å². The van der Waals surface area contributed by atoms with Crippen LogP contribution >= 0.6 is 0 Å². The van der Waals surface area contributed by atoms with Crippen LogP contribution in [0.3, 0.4) is 0 Å². The van der Waals surface area contributed by atoms with E-state index in [1.807, 2.05) is 0 Å². The highest BCUT2D eigenvalue weighted by Crippen LogP contribution is 2.29. The van der Waals surface area contributed by atoms with Crippen LogP contribution in [0.15, 0.2) is 48.5 Å². The average Bonchev–Trinajstić information content (AvgIpc) is 2.52. The zero-order valence-electron chi connectivity index (χ0n) is 12.6. The fourth-order valence-electron chi connectivity index (χ4n) is 1.99. The Labute approximate surface area is 136 Å². The summed E-state index contributed by atoms with van der Waals surface area (Å²) in [6.07, 6.45) is -4.65. The summed E-state index contributed by atoms with van der Waals surface area (Å²) in [6, 6.07) is 10.4. The third-order valence-corrected chi connectivity index (χ3v) is 3.22. The van der Waals surface area contributed by atoms with E-state index in [-0.39, 0.29) is 19.0 Å². The van der Waals surface area contributed by atoms with Crippen LogP contribution in [0.1, 0.15) is 16.7 Å². The number of ether oxygens (including phenoxy) is 1. The van der Waals surface area contributed by atoms with E-state index in [1.54, 1.807) is 12.1 Å². The highest BCUT2D eigenvalue weighted by atomic mass is 19.4. The molecule has 128 valence electrons. The molecule has 2 aromatic rings. The second kappa shape index (κ2) is 7.81. The lowest BCUT2D eigenvalue weighted by molar-refractivity contribution is -0.137. The minimum Gasteiger partial charge on any atom is -0.445 e. The van der Waals surface area contributed by atoms with Gasteiger partial charge in [0.15, 0.2) is 0 Å². The van der Waals surface area contributed by atoms with Gasteiger partial charge in [-0.25, -0.2) is 9.18 Å². The lowest BCUT2D eigenvalue weighted by Gasteiger charge is -2.09. The molecular weight excluding hydrogens is 326 g/mol. The first-order valence-corrected chi connectivity index (χ1v) is 7.16. The Morgan fingerprint density at radius 2 is 1.75 bits per heavy atom. The zero-order chi connectivity index (χ0) is 17.6. The first kappa shape index (κ1) is 17.8. The van der Waals surface area contributed by atoms with Gasteiger partial charge in [0.1, 0.15) is 12.4 Å². The third kappa shape index (κ3) is 5.57. The molecular formula is C17H15F4NO2. The minimum atomic E-state index is -4.40. The molecule has 0 saturated carbocycles. The van der Waals surface area contributed by atoms with Crippen LogP contribution in [0.25, 0.3) is 0 Å². The molecule has 24 heavy (non-hydrogen) atoms. The third-order valence-electron chi connectivity index (χ3n) is 3.22. The van der Waals surface area contributed by atoms with Gasteiger partial charge in [-0.1, -0.05) is 24.3 Å². The quantitative estimate of drug-likeness (QED) is 0.823. The summed E-state index contributed by atoms with van der Waals surface area (Å²) in [5.74, 6) is -0.350. The number of hydrogen-bond donors (Lipinski definition) is 1. The molecule has 0 radical (unpaired) electrons. The number of halogens is 4. The second-order valence-electron chi connectivity index (χ2n) is 5.08. The Kier molecular flexibility index (Phi) is 5.78. The van der Waals surface area contributed by atoms with Crippen molar-refractivity contribution in [1.82, 2.24) is 5.32 Å². The molecule has 0 atom stereocenters. The van der Waals surface area contributed by atoms with E-state index in [0.717, 1.165) is 17.7 Å². The molecule has 0 unspecified atom stereocenters. The molecule has 1 N–H and O–H groups in total. The van der Waals surface area contributed by atoms with Gasteiger partial charge in [0.2, 0.25) is 0 Å². The van der Waals surface area contributed by atoms with E-state index in [1.165, 1.54) is 24.3 Å². The van der Waals surface area contributed by atoms with Gasteiger partial charge in [-0.2, -0.15) is 13.2 Å². The van der Waals surface area contributed by atoms with Gasteiger partial charge in [-0.05, 0) is 41.8 Å². The first-order valence-electron chi connectivity index (χ1n) is 7.16. The highest BCUT2D eigenvalue weighted by molar-refractivity contribution is 5.67. The molecule has 0 aromatic heterocycles. The van der Waals surface area contributed by atoms with Crippen LogP contribution in [0.4, 0.5) is 22.4 Å². The SMILES string of the molecule is O=C(NCCc1cccc(F)c1)OCc1ccc(C(F)(F)F)cc1. The number of hydrogen-bond acceptors (Lipinski definition) is 2. The zero-order valence-corrected chi connectivity index (χ0v) is 12.6. The molecule has 0 bridgehead atoms. The molecule has 0 aliphatic heterocycles. The lowest BCUT2D eigenvalue weighted by atomic mass is 10.1. The fourth-order valence-corrected chi connectivity index (χ4v) is 1.99. The molecule has 2 rings (SSSR count). The van der Waals surface area contributed by atoms with Crippen molar-refractivity contribution >= 4 is 6.09 Å². The summed E-state index contributed by atoms with van der Waals surface area (Å²) >= 11 is 0. The van der Waals surface area contributed by atoms with Crippen LogP contribution in [0, 0.1) is 5.82 Å². The minimum absolute atomic E-state index is 0.135. The number of alkyl carbamates (subject to hydrolysis) is 1. The van der Waals surface area contributed by atoms with Gasteiger partial charge in [-0.3, -0.25) is 0 Å². The summed E-state index contributed by atoms with van der Waals surface area (Å²) < 4.78 is 55.1. The van der Waals surface area contributed by atoms with Crippen LogP contribution in [-0.4, -0.2) is 12.6 Å². The lowest BCUT2D eigenvalue weighted by Crippen LogP contribution is -2.26. The Morgan fingerprint density at radius 1 is 1.04 bits per heavy atom. The van der Waals surface area contributed by atoms with Gasteiger partial charge in [0.25, 0.3) is 0 Å². The molecule has 3 nitrogen and oxygen atoms in total. The van der Waals surface area contributed by atoms with Gasteiger partial charge in [0.05, 0.1) is 5.56 Å². The van der Waals surface area contributed by atoms with Crippen molar-refractivity contribution in [2.24, 2.45) is 0 Å². The number of benzene rings is 2. The molecule has 7 heteroatoms. The van der Waals surface area contributed by atoms with Crippen LogP contribution < -0.4 is 5.32 Å². The fraction of sp³-hybridized carbons (Fsp3) is 0.235. The molecule has 0 saturated heterocycles. The van der Waals surface area contributed by atoms with Crippen molar-refractivity contribution in [3.05, 3.63) is 71.0 Å². The van der Waals surface area contributed by atoms with Crippen molar-refractivity contribution in [1.29, 1.82) is 0 Å². The maximum atomic E-state index is 13.0. The molecule has 0 aliphatic rings. The van der Waals surface area contributed by atoms with E-state index in [0.29, 0.717) is 12.0 Å². The van der Waals surface area contributed by atoms with Crippen LogP contribution in [0.5, 0.6) is 0 Å². The molecule has 2 aromatic carbocycles. The summed E-state index contributed by atoms with van der Waals surface area (Å²) in [5, 5.41) is 2.49. The van der Waals surface area contributed by atoms with Crippen molar-refractivity contribution in [3.63, 3.8) is 0 Å².